The van der Waals surface area contributed by atoms with Gasteiger partial charge in [-0.2, -0.15) is 0 Å². The zero-order valence-electron chi connectivity index (χ0n) is 12.9. The third-order valence-electron chi connectivity index (χ3n) is 7.33. The Balaban J connectivity index is 1.68. The number of hydrogen-bond donors (Lipinski definition) is 1. The van der Waals surface area contributed by atoms with Gasteiger partial charge >= 0.3 is 0 Å². The largest absolute Gasteiger partial charge is 0.393 e. The number of fused-ring (bicyclic) bond motifs is 5. The third kappa shape index (κ3) is 1.70. The normalized spacial score (nSPS) is 54.6. The van der Waals surface area contributed by atoms with E-state index in [0.717, 1.165) is 43.8 Å². The lowest BCUT2D eigenvalue weighted by atomic mass is 9.48. The van der Waals surface area contributed by atoms with Crippen molar-refractivity contribution in [2.75, 3.05) is 13.2 Å². The average molecular weight is 276 g/mol. The molecule has 4 aliphatic rings. The van der Waals surface area contributed by atoms with E-state index in [4.69, 9.17) is 4.74 Å². The zero-order chi connectivity index (χ0) is 14.0. The lowest BCUT2D eigenvalue weighted by Gasteiger charge is -2.56. The average Bonchev–Trinajstić information content (AvgIpc) is 2.81. The van der Waals surface area contributed by atoms with Crippen molar-refractivity contribution in [2.45, 2.75) is 58.5 Å². The monoisotopic (exact) mass is 276 g/mol. The molecule has 0 radical (unpaired) electrons. The summed E-state index contributed by atoms with van der Waals surface area (Å²) in [7, 11) is 0. The summed E-state index contributed by atoms with van der Waals surface area (Å²) in [6.45, 7) is 6.90. The maximum atomic E-state index is 9.99. The first-order valence-electron chi connectivity index (χ1n) is 8.48. The molecule has 2 nitrogen and oxygen atoms in total. The Morgan fingerprint density at radius 1 is 1.20 bits per heavy atom. The van der Waals surface area contributed by atoms with Gasteiger partial charge in [-0.15, -0.1) is 0 Å². The molecule has 1 aliphatic heterocycles. The number of aliphatic hydroxyl groups excluding tert-OH is 1. The van der Waals surface area contributed by atoms with Gasteiger partial charge in [-0.3, -0.25) is 0 Å². The van der Waals surface area contributed by atoms with E-state index in [0.29, 0.717) is 10.8 Å². The van der Waals surface area contributed by atoms with E-state index in [2.05, 4.69) is 19.9 Å². The third-order valence-corrected chi connectivity index (χ3v) is 7.33. The fourth-order valence-corrected chi connectivity index (χ4v) is 5.96. The van der Waals surface area contributed by atoms with Gasteiger partial charge < -0.3 is 9.84 Å². The molecule has 6 atom stereocenters. The van der Waals surface area contributed by atoms with Crippen molar-refractivity contribution in [2.24, 2.45) is 28.6 Å². The lowest BCUT2D eigenvalue weighted by molar-refractivity contribution is -0.0285. The highest BCUT2D eigenvalue weighted by molar-refractivity contribution is 5.25. The summed E-state index contributed by atoms with van der Waals surface area (Å²) in [5.74, 6) is 2.41. The molecule has 1 heterocycles. The molecule has 3 aliphatic carbocycles. The highest BCUT2D eigenvalue weighted by Crippen LogP contribution is 2.62. The molecule has 0 bridgehead atoms. The Morgan fingerprint density at radius 2 is 2.05 bits per heavy atom. The molecule has 1 unspecified atom stereocenters. The topological polar surface area (TPSA) is 29.5 Å². The number of rotatable bonds is 0. The number of hydrogen-bond acceptors (Lipinski definition) is 2. The molecule has 0 aromatic rings. The maximum absolute atomic E-state index is 9.99. The van der Waals surface area contributed by atoms with E-state index in [-0.39, 0.29) is 6.10 Å². The maximum Gasteiger partial charge on any atom is 0.0577 e. The molecular formula is C18H28O2. The summed E-state index contributed by atoms with van der Waals surface area (Å²) in [6.07, 6.45) is 9.45. The number of aliphatic hydroxyl groups is 1. The van der Waals surface area contributed by atoms with Crippen LogP contribution in [-0.4, -0.2) is 24.4 Å². The first-order chi connectivity index (χ1) is 9.53. The van der Waals surface area contributed by atoms with Gasteiger partial charge in [0.2, 0.25) is 0 Å². The summed E-state index contributed by atoms with van der Waals surface area (Å²) in [6, 6.07) is 0. The van der Waals surface area contributed by atoms with E-state index < -0.39 is 0 Å². The molecular weight excluding hydrogens is 248 g/mol. The zero-order valence-corrected chi connectivity index (χ0v) is 12.9. The van der Waals surface area contributed by atoms with Crippen LogP contribution in [0.25, 0.3) is 0 Å². The molecule has 2 saturated carbocycles. The fourth-order valence-electron chi connectivity index (χ4n) is 5.96. The summed E-state index contributed by atoms with van der Waals surface area (Å²) < 4.78 is 5.87. The van der Waals surface area contributed by atoms with Gasteiger partial charge in [0.25, 0.3) is 0 Å². The Morgan fingerprint density at radius 3 is 2.90 bits per heavy atom. The van der Waals surface area contributed by atoms with Crippen LogP contribution in [0.5, 0.6) is 0 Å². The predicted octanol–water partition coefficient (Wildman–Crippen LogP) is 3.55. The minimum Gasteiger partial charge on any atom is -0.393 e. The van der Waals surface area contributed by atoms with Gasteiger partial charge in [0, 0.05) is 0 Å². The van der Waals surface area contributed by atoms with Crippen LogP contribution in [0.15, 0.2) is 11.6 Å². The summed E-state index contributed by atoms with van der Waals surface area (Å²) in [5, 5.41) is 9.99. The second kappa shape index (κ2) is 4.33. The van der Waals surface area contributed by atoms with Crippen molar-refractivity contribution >= 4 is 0 Å². The summed E-state index contributed by atoms with van der Waals surface area (Å²) in [4.78, 5) is 0. The van der Waals surface area contributed by atoms with Crippen LogP contribution in [0.3, 0.4) is 0 Å². The highest BCUT2D eigenvalue weighted by atomic mass is 16.5. The van der Waals surface area contributed by atoms with Gasteiger partial charge in [-0.1, -0.05) is 25.5 Å². The predicted molar refractivity (Wildman–Crippen MR) is 79.3 cm³/mol. The van der Waals surface area contributed by atoms with Gasteiger partial charge in [-0.25, -0.2) is 0 Å². The number of allylic oxidation sites excluding steroid dienone is 1. The Kier molecular flexibility index (Phi) is 2.89. The first kappa shape index (κ1) is 13.3. The Bertz CT molecular complexity index is 443. The van der Waals surface area contributed by atoms with E-state index in [1.807, 2.05) is 0 Å². The van der Waals surface area contributed by atoms with E-state index in [1.54, 1.807) is 5.57 Å². The van der Waals surface area contributed by atoms with Crippen LogP contribution in [0, 0.1) is 28.6 Å². The van der Waals surface area contributed by atoms with Gasteiger partial charge in [0.15, 0.2) is 0 Å². The van der Waals surface area contributed by atoms with E-state index >= 15 is 0 Å². The van der Waals surface area contributed by atoms with Crippen molar-refractivity contribution in [1.29, 1.82) is 0 Å². The second-order valence-electron chi connectivity index (χ2n) is 8.36. The van der Waals surface area contributed by atoms with Crippen molar-refractivity contribution in [3.05, 3.63) is 11.6 Å². The minimum atomic E-state index is -0.0884. The lowest BCUT2D eigenvalue weighted by Crippen LogP contribution is -2.50. The quantitative estimate of drug-likeness (QED) is 0.686. The Labute approximate surface area is 122 Å². The SMILES string of the molecule is C[C@]12CC[C@@H]3[C@@H](CC=C4CC(O)CC[C@@]43C)[C@@H]1COC2. The second-order valence-corrected chi connectivity index (χ2v) is 8.36. The molecule has 0 aromatic heterocycles. The first-order valence-corrected chi connectivity index (χ1v) is 8.48. The molecule has 20 heavy (non-hydrogen) atoms. The fraction of sp³-hybridized carbons (Fsp3) is 0.889. The van der Waals surface area contributed by atoms with Crippen LogP contribution >= 0.6 is 0 Å². The summed E-state index contributed by atoms with van der Waals surface area (Å²) in [5.41, 5.74) is 2.38. The van der Waals surface area contributed by atoms with Crippen LogP contribution < -0.4 is 0 Å². The van der Waals surface area contributed by atoms with Crippen LogP contribution in [-0.2, 0) is 4.74 Å². The smallest absolute Gasteiger partial charge is 0.0577 e. The molecule has 3 fully saturated rings. The molecule has 0 amide bonds. The molecule has 112 valence electrons. The van der Waals surface area contributed by atoms with Gasteiger partial charge in [0.1, 0.15) is 0 Å². The van der Waals surface area contributed by atoms with Crippen molar-refractivity contribution in [3.63, 3.8) is 0 Å². The molecule has 2 heteroatoms. The Hall–Kier alpha value is -0.340. The van der Waals surface area contributed by atoms with E-state index in [9.17, 15) is 5.11 Å². The molecule has 0 spiro atoms. The standard InChI is InChI=1S/C18H28O2/c1-17-7-6-15-14(16(17)10-20-11-17)4-3-12-9-13(19)5-8-18(12,15)2/h3,13-16,19H,4-11H2,1-2H3/t13?,14-,15-,16+,17-,18+/m1/s1. The van der Waals surface area contributed by atoms with Crippen LogP contribution in [0.2, 0.25) is 0 Å². The summed E-state index contributed by atoms with van der Waals surface area (Å²) >= 11 is 0. The molecule has 0 aromatic carbocycles. The van der Waals surface area contributed by atoms with Crippen molar-refractivity contribution < 1.29 is 9.84 Å². The molecule has 1 N–H and O–H groups in total. The van der Waals surface area contributed by atoms with Crippen LogP contribution in [0.4, 0.5) is 0 Å². The van der Waals surface area contributed by atoms with Gasteiger partial charge in [0.05, 0.1) is 19.3 Å². The van der Waals surface area contributed by atoms with Crippen molar-refractivity contribution in [1.82, 2.24) is 0 Å². The minimum absolute atomic E-state index is 0.0884. The van der Waals surface area contributed by atoms with Crippen LogP contribution in [0.1, 0.15) is 52.4 Å². The highest BCUT2D eigenvalue weighted by Gasteiger charge is 2.56. The number of ether oxygens (including phenoxy) is 1. The van der Waals surface area contributed by atoms with Gasteiger partial charge in [-0.05, 0) is 67.1 Å². The van der Waals surface area contributed by atoms with E-state index in [1.165, 1.54) is 25.7 Å². The van der Waals surface area contributed by atoms with Crippen molar-refractivity contribution in [3.8, 4) is 0 Å². The molecule has 4 rings (SSSR count). The molecule has 1 saturated heterocycles.